The van der Waals surface area contributed by atoms with E-state index in [4.69, 9.17) is 5.21 Å². The van der Waals surface area contributed by atoms with Crippen molar-refractivity contribution in [3.8, 4) is 0 Å². The molecule has 1 aromatic carbocycles. The van der Waals surface area contributed by atoms with Crippen LogP contribution in [0.15, 0.2) is 24.3 Å². The maximum Gasteiger partial charge on any atom is 0.326 e. The minimum Gasteiger partial charge on any atom is -0.733 e. The SMILES string of the molecule is O=C(O)C1CCCCN1c1ccccc1N([O-])O. The van der Waals surface area contributed by atoms with Crippen LogP contribution in [-0.2, 0) is 4.79 Å². The lowest BCUT2D eigenvalue weighted by atomic mass is 10.0. The van der Waals surface area contributed by atoms with Gasteiger partial charge in [-0.15, -0.1) is 0 Å². The maximum absolute atomic E-state index is 11.2. The van der Waals surface area contributed by atoms with E-state index in [0.717, 1.165) is 12.8 Å². The second-order valence-electron chi connectivity index (χ2n) is 4.30. The first-order valence-electron chi connectivity index (χ1n) is 5.86. The molecule has 1 aliphatic heterocycles. The Hall–Kier alpha value is -1.79. The van der Waals surface area contributed by atoms with Gasteiger partial charge < -0.3 is 20.4 Å². The molecule has 0 saturated carbocycles. The molecule has 0 aliphatic carbocycles. The molecule has 98 valence electrons. The summed E-state index contributed by atoms with van der Waals surface area (Å²) in [4.78, 5) is 12.9. The topological polar surface area (TPSA) is 87.1 Å². The van der Waals surface area contributed by atoms with Crippen LogP contribution in [0, 0.1) is 5.21 Å². The molecule has 0 radical (unpaired) electrons. The third-order valence-corrected chi connectivity index (χ3v) is 3.19. The van der Waals surface area contributed by atoms with Crippen LogP contribution >= 0.6 is 0 Å². The average Bonchev–Trinajstić information content (AvgIpc) is 2.38. The lowest BCUT2D eigenvalue weighted by molar-refractivity contribution is -0.139. The smallest absolute Gasteiger partial charge is 0.326 e. The number of piperidine rings is 1. The highest BCUT2D eigenvalue weighted by atomic mass is 16.8. The fraction of sp³-hybridized carbons (Fsp3) is 0.417. The van der Waals surface area contributed by atoms with Crippen molar-refractivity contribution in [1.82, 2.24) is 0 Å². The van der Waals surface area contributed by atoms with Gasteiger partial charge in [0.05, 0.1) is 11.4 Å². The number of carboxylic acids is 1. The third kappa shape index (κ3) is 2.39. The number of nitrogens with zero attached hydrogens (tertiary/aromatic N) is 2. The zero-order chi connectivity index (χ0) is 13.1. The molecule has 1 unspecified atom stereocenters. The van der Waals surface area contributed by atoms with Crippen molar-refractivity contribution in [2.75, 3.05) is 16.7 Å². The Morgan fingerprint density at radius 2 is 2.11 bits per heavy atom. The Morgan fingerprint density at radius 1 is 1.39 bits per heavy atom. The summed E-state index contributed by atoms with van der Waals surface area (Å²) in [6.07, 6.45) is 2.28. The fourth-order valence-electron chi connectivity index (χ4n) is 2.35. The van der Waals surface area contributed by atoms with Gasteiger partial charge in [0, 0.05) is 6.54 Å². The number of anilines is 2. The first kappa shape index (κ1) is 12.7. The molecule has 0 amide bonds. The molecule has 1 atom stereocenters. The van der Waals surface area contributed by atoms with Gasteiger partial charge in [-0.2, -0.15) is 0 Å². The van der Waals surface area contributed by atoms with E-state index in [0.29, 0.717) is 18.7 Å². The van der Waals surface area contributed by atoms with Gasteiger partial charge >= 0.3 is 5.97 Å². The molecule has 1 aromatic rings. The normalized spacial score (nSPS) is 19.7. The van der Waals surface area contributed by atoms with Crippen LogP contribution in [0.3, 0.4) is 0 Å². The van der Waals surface area contributed by atoms with Crippen molar-refractivity contribution in [2.45, 2.75) is 25.3 Å². The number of carboxylic acid groups (broad SMARTS) is 1. The summed E-state index contributed by atoms with van der Waals surface area (Å²) in [5, 5.41) is 29.1. The van der Waals surface area contributed by atoms with E-state index in [2.05, 4.69) is 0 Å². The number of hydrogen-bond donors (Lipinski definition) is 2. The van der Waals surface area contributed by atoms with Crippen LogP contribution < -0.4 is 10.1 Å². The van der Waals surface area contributed by atoms with E-state index in [9.17, 15) is 15.1 Å². The first-order valence-corrected chi connectivity index (χ1v) is 5.86. The van der Waals surface area contributed by atoms with E-state index < -0.39 is 12.0 Å². The van der Waals surface area contributed by atoms with E-state index in [1.807, 2.05) is 0 Å². The molecule has 6 heteroatoms. The van der Waals surface area contributed by atoms with Crippen molar-refractivity contribution in [1.29, 1.82) is 0 Å². The van der Waals surface area contributed by atoms with Gasteiger partial charge in [0.2, 0.25) is 0 Å². The minimum atomic E-state index is -0.903. The Morgan fingerprint density at radius 3 is 2.78 bits per heavy atom. The third-order valence-electron chi connectivity index (χ3n) is 3.19. The van der Waals surface area contributed by atoms with E-state index >= 15 is 0 Å². The van der Waals surface area contributed by atoms with Crippen LogP contribution in [0.4, 0.5) is 11.4 Å². The van der Waals surface area contributed by atoms with Crippen LogP contribution in [-0.4, -0.2) is 28.9 Å². The lowest BCUT2D eigenvalue weighted by Crippen LogP contribution is -2.45. The van der Waals surface area contributed by atoms with Crippen molar-refractivity contribution in [3.63, 3.8) is 0 Å². The predicted octanol–water partition coefficient (Wildman–Crippen LogP) is 1.82. The molecular formula is C12H15N2O4-. The summed E-state index contributed by atoms with van der Waals surface area (Å²) >= 11 is 0. The molecule has 1 heterocycles. The zero-order valence-electron chi connectivity index (χ0n) is 9.82. The lowest BCUT2D eigenvalue weighted by Gasteiger charge is -2.38. The predicted molar refractivity (Wildman–Crippen MR) is 66.7 cm³/mol. The second kappa shape index (κ2) is 5.24. The average molecular weight is 251 g/mol. The molecule has 2 N–H and O–H groups in total. The van der Waals surface area contributed by atoms with E-state index in [-0.39, 0.29) is 10.9 Å². The van der Waals surface area contributed by atoms with Crippen molar-refractivity contribution in [3.05, 3.63) is 29.5 Å². The van der Waals surface area contributed by atoms with Gasteiger partial charge in [0.25, 0.3) is 0 Å². The Bertz CT molecular complexity index is 436. The van der Waals surface area contributed by atoms with Gasteiger partial charge in [-0.05, 0) is 31.4 Å². The summed E-state index contributed by atoms with van der Waals surface area (Å²) in [6, 6.07) is 5.82. The van der Waals surface area contributed by atoms with Crippen molar-refractivity contribution >= 4 is 17.3 Å². The second-order valence-corrected chi connectivity index (χ2v) is 4.30. The number of rotatable bonds is 3. The highest BCUT2D eigenvalue weighted by Crippen LogP contribution is 2.32. The zero-order valence-corrected chi connectivity index (χ0v) is 9.82. The number of para-hydroxylation sites is 2. The quantitative estimate of drug-likeness (QED) is 0.797. The molecular weight excluding hydrogens is 236 g/mol. The first-order chi connectivity index (χ1) is 8.61. The molecule has 6 nitrogen and oxygen atoms in total. The number of hydrogen-bond acceptors (Lipinski definition) is 5. The molecule has 2 rings (SSSR count). The summed E-state index contributed by atoms with van der Waals surface area (Å²) < 4.78 is 0. The van der Waals surface area contributed by atoms with Crippen LogP contribution in [0.1, 0.15) is 19.3 Å². The molecule has 1 aliphatic rings. The monoisotopic (exact) mass is 251 g/mol. The van der Waals surface area contributed by atoms with Gasteiger partial charge in [-0.1, -0.05) is 12.1 Å². The highest BCUT2D eigenvalue weighted by Gasteiger charge is 2.29. The molecule has 0 aromatic heterocycles. The molecule has 1 saturated heterocycles. The summed E-state index contributed by atoms with van der Waals surface area (Å²) in [5.74, 6) is -0.903. The summed E-state index contributed by atoms with van der Waals surface area (Å²) in [6.45, 7) is 0.571. The van der Waals surface area contributed by atoms with Gasteiger partial charge in [-0.25, -0.2) is 4.79 Å². The van der Waals surface area contributed by atoms with Crippen LogP contribution in [0.2, 0.25) is 0 Å². The largest absolute Gasteiger partial charge is 0.733 e. The fourth-order valence-corrected chi connectivity index (χ4v) is 2.35. The molecule has 1 fully saturated rings. The molecule has 0 spiro atoms. The highest BCUT2D eigenvalue weighted by molar-refractivity contribution is 5.82. The van der Waals surface area contributed by atoms with Gasteiger partial charge in [0.1, 0.15) is 6.04 Å². The summed E-state index contributed by atoms with van der Waals surface area (Å²) in [5.41, 5.74) is 0.535. The Labute approximate surface area is 105 Å². The number of aliphatic carboxylic acids is 1. The van der Waals surface area contributed by atoms with E-state index in [1.54, 1.807) is 23.1 Å². The van der Waals surface area contributed by atoms with Gasteiger partial charge in [0.15, 0.2) is 0 Å². The maximum atomic E-state index is 11.2. The number of benzene rings is 1. The van der Waals surface area contributed by atoms with E-state index in [1.165, 1.54) is 6.07 Å². The van der Waals surface area contributed by atoms with Crippen molar-refractivity contribution < 1.29 is 15.1 Å². The molecule has 0 bridgehead atoms. The summed E-state index contributed by atoms with van der Waals surface area (Å²) in [7, 11) is 0. The molecule has 18 heavy (non-hydrogen) atoms. The standard InChI is InChI=1S/C12H15N2O4/c15-12(16)11-7-3-4-8-13(11)9-5-1-2-6-10(9)14(17)18/h1-2,5-6,11,17H,3-4,7-8H2,(H,15,16)/q-1. The van der Waals surface area contributed by atoms with Gasteiger partial charge in [-0.3, -0.25) is 5.21 Å². The minimum absolute atomic E-state index is 0.0747. The number of carbonyl (C=O) groups is 1. The Balaban J connectivity index is 2.36. The van der Waals surface area contributed by atoms with Crippen LogP contribution in [0.5, 0.6) is 0 Å². The Kier molecular flexibility index (Phi) is 3.69. The van der Waals surface area contributed by atoms with Crippen molar-refractivity contribution in [2.24, 2.45) is 0 Å². The van der Waals surface area contributed by atoms with Crippen LogP contribution in [0.25, 0.3) is 0 Å².